The van der Waals surface area contributed by atoms with E-state index >= 15 is 0 Å². The Balaban J connectivity index is 0.00000176. The molecule has 1 aliphatic heterocycles. The van der Waals surface area contributed by atoms with Crippen LogP contribution in [0.5, 0.6) is 0 Å². The van der Waals surface area contributed by atoms with E-state index in [0.29, 0.717) is 11.8 Å². The lowest BCUT2D eigenvalue weighted by Crippen LogP contribution is -2.41. The second-order valence-electron chi connectivity index (χ2n) is 7.48. The predicted molar refractivity (Wildman–Crippen MR) is 93.3 cm³/mol. The third-order valence-electron chi connectivity index (χ3n) is 6.02. The van der Waals surface area contributed by atoms with Crippen molar-refractivity contribution in [2.75, 3.05) is 26.2 Å². The van der Waals surface area contributed by atoms with Gasteiger partial charge in [-0.15, -0.1) is 12.4 Å². The molecule has 3 nitrogen and oxygen atoms in total. The zero-order chi connectivity index (χ0) is 14.7. The minimum Gasteiger partial charge on any atom is -0.342 e. The fraction of sp³-hybridized carbons (Fsp3) is 0.944. The number of carbonyl (C=O) groups excluding carboxylic acids is 1. The molecule has 128 valence electrons. The van der Waals surface area contributed by atoms with Gasteiger partial charge in [-0.3, -0.25) is 4.79 Å². The van der Waals surface area contributed by atoms with Crippen molar-refractivity contribution in [3.05, 3.63) is 0 Å². The summed E-state index contributed by atoms with van der Waals surface area (Å²) in [4.78, 5) is 14.8. The van der Waals surface area contributed by atoms with Gasteiger partial charge in [-0.1, -0.05) is 39.0 Å². The summed E-state index contributed by atoms with van der Waals surface area (Å²) in [5.41, 5.74) is 0. The Hall–Kier alpha value is -0.280. The van der Waals surface area contributed by atoms with Crippen LogP contribution in [-0.4, -0.2) is 37.0 Å². The average Bonchev–Trinajstić information content (AvgIpc) is 3.34. The number of amides is 1. The van der Waals surface area contributed by atoms with Crippen LogP contribution >= 0.6 is 12.4 Å². The lowest BCUT2D eigenvalue weighted by atomic mass is 9.85. The van der Waals surface area contributed by atoms with Gasteiger partial charge in [0.1, 0.15) is 0 Å². The van der Waals surface area contributed by atoms with Gasteiger partial charge in [0.15, 0.2) is 0 Å². The van der Waals surface area contributed by atoms with Gasteiger partial charge in [-0.05, 0) is 50.1 Å². The summed E-state index contributed by atoms with van der Waals surface area (Å²) in [6.07, 6.45) is 10.6. The summed E-state index contributed by atoms with van der Waals surface area (Å²) in [5.74, 6) is 3.30. The summed E-state index contributed by atoms with van der Waals surface area (Å²) < 4.78 is 0. The first-order chi connectivity index (χ1) is 10.3. The fourth-order valence-corrected chi connectivity index (χ4v) is 4.52. The molecular formula is C18H33ClN2O. The predicted octanol–water partition coefficient (Wildman–Crippen LogP) is 3.47. The third-order valence-corrected chi connectivity index (χ3v) is 6.02. The number of rotatable bonds is 5. The monoisotopic (exact) mass is 328 g/mol. The first kappa shape index (κ1) is 18.1. The normalized spacial score (nSPS) is 30.0. The quantitative estimate of drug-likeness (QED) is 0.838. The molecule has 3 aliphatic rings. The van der Waals surface area contributed by atoms with Crippen molar-refractivity contribution >= 4 is 18.3 Å². The zero-order valence-corrected chi connectivity index (χ0v) is 14.9. The number of likely N-dealkylation sites (tertiary alicyclic amines) is 1. The Bertz CT molecular complexity index is 349. The Labute approximate surface area is 142 Å². The SMILES string of the molecule is CCNCC1CCN(C(=O)C2CC2C2CCCCC2)CC1.Cl. The molecule has 0 bridgehead atoms. The van der Waals surface area contributed by atoms with Crippen LogP contribution in [0.15, 0.2) is 0 Å². The van der Waals surface area contributed by atoms with Crippen molar-refractivity contribution in [3.63, 3.8) is 0 Å². The fourth-order valence-electron chi connectivity index (χ4n) is 4.52. The Morgan fingerprint density at radius 1 is 1.09 bits per heavy atom. The minimum atomic E-state index is 0. The maximum atomic E-state index is 12.6. The van der Waals surface area contributed by atoms with Gasteiger partial charge in [0.05, 0.1) is 0 Å². The molecule has 22 heavy (non-hydrogen) atoms. The molecule has 2 unspecified atom stereocenters. The maximum Gasteiger partial charge on any atom is 0.225 e. The van der Waals surface area contributed by atoms with Crippen molar-refractivity contribution in [3.8, 4) is 0 Å². The molecule has 1 N–H and O–H groups in total. The minimum absolute atomic E-state index is 0. The molecule has 0 aromatic rings. The van der Waals surface area contributed by atoms with Gasteiger partial charge in [-0.2, -0.15) is 0 Å². The van der Waals surface area contributed by atoms with E-state index in [4.69, 9.17) is 0 Å². The van der Waals surface area contributed by atoms with Crippen LogP contribution in [0, 0.1) is 23.7 Å². The molecule has 0 aromatic heterocycles. The number of hydrogen-bond acceptors (Lipinski definition) is 2. The summed E-state index contributed by atoms with van der Waals surface area (Å²) in [6, 6.07) is 0. The van der Waals surface area contributed by atoms with E-state index in [0.717, 1.165) is 43.9 Å². The number of halogens is 1. The molecule has 2 saturated carbocycles. The molecular weight excluding hydrogens is 296 g/mol. The molecule has 2 atom stereocenters. The molecule has 0 spiro atoms. The van der Waals surface area contributed by atoms with Crippen LogP contribution in [0.3, 0.4) is 0 Å². The summed E-state index contributed by atoms with van der Waals surface area (Å²) >= 11 is 0. The maximum absolute atomic E-state index is 12.6. The van der Waals surface area contributed by atoms with Gasteiger partial charge in [-0.25, -0.2) is 0 Å². The van der Waals surface area contributed by atoms with Crippen molar-refractivity contribution in [1.82, 2.24) is 10.2 Å². The smallest absolute Gasteiger partial charge is 0.225 e. The summed E-state index contributed by atoms with van der Waals surface area (Å²) in [6.45, 7) is 6.36. The first-order valence-corrected chi connectivity index (χ1v) is 9.29. The highest BCUT2D eigenvalue weighted by Crippen LogP contribution is 2.50. The summed E-state index contributed by atoms with van der Waals surface area (Å²) in [5, 5.41) is 3.44. The molecule has 2 aliphatic carbocycles. The topological polar surface area (TPSA) is 32.3 Å². The highest BCUT2D eigenvalue weighted by Gasteiger charge is 2.48. The molecule has 1 heterocycles. The molecule has 3 rings (SSSR count). The molecule has 3 fully saturated rings. The third kappa shape index (κ3) is 4.38. The van der Waals surface area contributed by atoms with Crippen LogP contribution in [0.4, 0.5) is 0 Å². The van der Waals surface area contributed by atoms with Gasteiger partial charge in [0, 0.05) is 19.0 Å². The van der Waals surface area contributed by atoms with Gasteiger partial charge < -0.3 is 10.2 Å². The molecule has 4 heteroatoms. The van der Waals surface area contributed by atoms with E-state index in [1.165, 1.54) is 51.4 Å². The van der Waals surface area contributed by atoms with E-state index in [2.05, 4.69) is 17.1 Å². The van der Waals surface area contributed by atoms with Crippen LogP contribution in [0.25, 0.3) is 0 Å². The van der Waals surface area contributed by atoms with Crippen LogP contribution < -0.4 is 5.32 Å². The van der Waals surface area contributed by atoms with Crippen molar-refractivity contribution in [2.45, 2.75) is 58.3 Å². The number of nitrogens with zero attached hydrogens (tertiary/aromatic N) is 1. The number of nitrogens with one attached hydrogen (secondary N) is 1. The first-order valence-electron chi connectivity index (χ1n) is 9.29. The average molecular weight is 329 g/mol. The van der Waals surface area contributed by atoms with Crippen molar-refractivity contribution in [1.29, 1.82) is 0 Å². The van der Waals surface area contributed by atoms with Crippen molar-refractivity contribution in [2.24, 2.45) is 23.7 Å². The Morgan fingerprint density at radius 3 is 2.41 bits per heavy atom. The van der Waals surface area contributed by atoms with Crippen LogP contribution in [0.1, 0.15) is 58.3 Å². The van der Waals surface area contributed by atoms with Gasteiger partial charge in [0.2, 0.25) is 5.91 Å². The lowest BCUT2D eigenvalue weighted by Gasteiger charge is -2.32. The zero-order valence-electron chi connectivity index (χ0n) is 14.1. The van der Waals surface area contributed by atoms with E-state index in [9.17, 15) is 4.79 Å². The second-order valence-corrected chi connectivity index (χ2v) is 7.48. The standard InChI is InChI=1S/C18H32N2O.ClH/c1-2-19-13-14-8-10-20(11-9-14)18(21)17-12-16(17)15-6-4-3-5-7-15;/h14-17,19H,2-13H2,1H3;1H. The number of hydrogen-bond donors (Lipinski definition) is 1. The molecule has 1 amide bonds. The van der Waals surface area contributed by atoms with Crippen LogP contribution in [-0.2, 0) is 4.79 Å². The summed E-state index contributed by atoms with van der Waals surface area (Å²) in [7, 11) is 0. The number of carbonyl (C=O) groups is 1. The van der Waals surface area contributed by atoms with E-state index in [1.54, 1.807) is 0 Å². The molecule has 0 aromatic carbocycles. The van der Waals surface area contributed by atoms with Gasteiger partial charge >= 0.3 is 0 Å². The lowest BCUT2D eigenvalue weighted by molar-refractivity contribution is -0.134. The highest BCUT2D eigenvalue weighted by molar-refractivity contribution is 5.85. The largest absolute Gasteiger partial charge is 0.342 e. The van der Waals surface area contributed by atoms with Crippen LogP contribution in [0.2, 0.25) is 0 Å². The second kappa shape index (κ2) is 8.54. The molecule has 0 radical (unpaired) electrons. The van der Waals surface area contributed by atoms with E-state index < -0.39 is 0 Å². The highest BCUT2D eigenvalue weighted by atomic mass is 35.5. The van der Waals surface area contributed by atoms with Gasteiger partial charge in [0.25, 0.3) is 0 Å². The van der Waals surface area contributed by atoms with E-state index in [1.807, 2.05) is 0 Å². The number of piperidine rings is 1. The Kier molecular flexibility index (Phi) is 7.01. The van der Waals surface area contributed by atoms with Crippen molar-refractivity contribution < 1.29 is 4.79 Å². The van der Waals surface area contributed by atoms with E-state index in [-0.39, 0.29) is 12.4 Å². The Morgan fingerprint density at radius 2 is 1.77 bits per heavy atom. The molecule has 1 saturated heterocycles.